The van der Waals surface area contributed by atoms with Gasteiger partial charge in [0.25, 0.3) is 0 Å². The molecule has 0 aliphatic rings. The number of fused-ring (bicyclic) bond motifs is 8. The molecule has 9 rings (SSSR count). The smallest absolute Gasteiger partial charge is 0.145 e. The fraction of sp³-hybridized carbons (Fsp3) is 0. The van der Waals surface area contributed by atoms with Crippen molar-refractivity contribution < 1.29 is 4.42 Å². The quantitative estimate of drug-likeness (QED) is 0.210. The lowest BCUT2D eigenvalue weighted by Gasteiger charge is -2.27. The average Bonchev–Trinajstić information content (AvgIpc) is 3.64. The molecule has 0 saturated heterocycles. The van der Waals surface area contributed by atoms with Crippen molar-refractivity contribution in [3.63, 3.8) is 0 Å². The number of rotatable bonds is 4. The minimum absolute atomic E-state index is 0.896. The zero-order valence-electron chi connectivity index (χ0n) is 23.2. The first-order valence-corrected chi connectivity index (χ1v) is 15.3. The summed E-state index contributed by atoms with van der Waals surface area (Å²) in [5.74, 6) is 0. The van der Waals surface area contributed by atoms with Gasteiger partial charge in [0.15, 0.2) is 0 Å². The first kappa shape index (κ1) is 24.2. The maximum absolute atomic E-state index is 6.61. The molecule has 2 nitrogen and oxygen atoms in total. The molecule has 0 fully saturated rings. The molecule has 202 valence electrons. The van der Waals surface area contributed by atoms with Crippen molar-refractivity contribution in [2.75, 3.05) is 4.90 Å². The van der Waals surface area contributed by atoms with Crippen LogP contribution in [0.5, 0.6) is 0 Å². The van der Waals surface area contributed by atoms with Gasteiger partial charge in [0, 0.05) is 42.3 Å². The Balaban J connectivity index is 1.38. The Labute approximate surface area is 252 Å². The largest absolute Gasteiger partial charge is 0.455 e. The summed E-state index contributed by atoms with van der Waals surface area (Å²) < 4.78 is 9.19. The fourth-order valence-electron chi connectivity index (χ4n) is 6.45. The Morgan fingerprint density at radius 1 is 0.465 bits per heavy atom. The summed E-state index contributed by atoms with van der Waals surface area (Å²) in [6.45, 7) is 0. The van der Waals surface area contributed by atoms with Gasteiger partial charge in [0.2, 0.25) is 0 Å². The van der Waals surface area contributed by atoms with E-state index in [2.05, 4.69) is 150 Å². The van der Waals surface area contributed by atoms with Gasteiger partial charge in [-0.3, -0.25) is 0 Å². The van der Waals surface area contributed by atoms with Crippen LogP contribution in [0.4, 0.5) is 17.1 Å². The molecule has 0 unspecified atom stereocenters. The van der Waals surface area contributed by atoms with E-state index in [9.17, 15) is 0 Å². The van der Waals surface area contributed by atoms with Crippen LogP contribution in [0.1, 0.15) is 0 Å². The van der Waals surface area contributed by atoms with E-state index < -0.39 is 0 Å². The Bertz CT molecular complexity index is 2470. The molecule has 9 aromatic rings. The minimum Gasteiger partial charge on any atom is -0.455 e. The first-order chi connectivity index (χ1) is 21.3. The summed E-state index contributed by atoms with van der Waals surface area (Å²) in [6.07, 6.45) is 0. The third-order valence-corrected chi connectivity index (χ3v) is 9.56. The van der Waals surface area contributed by atoms with E-state index in [4.69, 9.17) is 4.42 Å². The van der Waals surface area contributed by atoms with Gasteiger partial charge in [-0.05, 0) is 59.0 Å². The topological polar surface area (TPSA) is 16.4 Å². The highest BCUT2D eigenvalue weighted by atomic mass is 32.1. The molecule has 7 aromatic carbocycles. The van der Waals surface area contributed by atoms with E-state index in [1.165, 1.54) is 31.3 Å². The van der Waals surface area contributed by atoms with Gasteiger partial charge in [0.1, 0.15) is 11.2 Å². The molecule has 2 heterocycles. The predicted octanol–water partition coefficient (Wildman–Crippen LogP) is 12.2. The molecule has 0 aliphatic heterocycles. The lowest BCUT2D eigenvalue weighted by atomic mass is 10.0. The minimum atomic E-state index is 0.896. The zero-order valence-corrected chi connectivity index (χ0v) is 24.0. The summed E-state index contributed by atoms with van der Waals surface area (Å²) >= 11 is 1.85. The van der Waals surface area contributed by atoms with Crippen LogP contribution in [0.15, 0.2) is 156 Å². The van der Waals surface area contributed by atoms with E-state index in [1.54, 1.807) is 0 Å². The van der Waals surface area contributed by atoms with Crippen LogP contribution in [0.25, 0.3) is 64.0 Å². The van der Waals surface area contributed by atoms with Crippen LogP contribution >= 0.6 is 11.3 Å². The molecule has 0 bridgehead atoms. The number of thiophene rings is 1. The Morgan fingerprint density at radius 2 is 1.16 bits per heavy atom. The van der Waals surface area contributed by atoms with Crippen LogP contribution in [0.3, 0.4) is 0 Å². The van der Waals surface area contributed by atoms with Crippen LogP contribution in [0.2, 0.25) is 0 Å². The number of nitrogens with zero attached hydrogens (tertiary/aromatic N) is 1. The molecule has 43 heavy (non-hydrogen) atoms. The predicted molar refractivity (Wildman–Crippen MR) is 184 cm³/mol. The van der Waals surface area contributed by atoms with Gasteiger partial charge in [-0.2, -0.15) is 0 Å². The maximum atomic E-state index is 6.61. The van der Waals surface area contributed by atoms with Crippen LogP contribution in [-0.4, -0.2) is 0 Å². The van der Waals surface area contributed by atoms with Crippen molar-refractivity contribution in [3.05, 3.63) is 152 Å². The van der Waals surface area contributed by atoms with Crippen LogP contribution < -0.4 is 4.90 Å². The molecular weight excluding hydrogens is 543 g/mol. The van der Waals surface area contributed by atoms with E-state index >= 15 is 0 Å². The van der Waals surface area contributed by atoms with Gasteiger partial charge >= 0.3 is 0 Å². The molecule has 0 saturated carbocycles. The zero-order chi connectivity index (χ0) is 28.3. The number of hydrogen-bond donors (Lipinski definition) is 0. The normalized spacial score (nSPS) is 11.7. The molecule has 0 atom stereocenters. The van der Waals surface area contributed by atoms with Gasteiger partial charge in [-0.25, -0.2) is 0 Å². The molecule has 0 spiro atoms. The molecular formula is C40H25NOS. The lowest BCUT2D eigenvalue weighted by molar-refractivity contribution is 0.672. The number of para-hydroxylation sites is 1. The van der Waals surface area contributed by atoms with E-state index in [0.717, 1.165) is 49.8 Å². The third kappa shape index (κ3) is 3.86. The summed E-state index contributed by atoms with van der Waals surface area (Å²) in [6, 6.07) is 54.3. The number of benzene rings is 7. The molecule has 0 N–H and O–H groups in total. The molecule has 0 aliphatic carbocycles. The van der Waals surface area contributed by atoms with E-state index in [-0.39, 0.29) is 0 Å². The van der Waals surface area contributed by atoms with Gasteiger partial charge in [-0.1, -0.05) is 109 Å². The highest BCUT2D eigenvalue weighted by molar-refractivity contribution is 7.25. The van der Waals surface area contributed by atoms with Crippen molar-refractivity contribution in [2.45, 2.75) is 0 Å². The Kier molecular flexibility index (Phi) is 5.40. The van der Waals surface area contributed by atoms with Crippen LogP contribution in [0, 0.1) is 0 Å². The van der Waals surface area contributed by atoms with Gasteiger partial charge < -0.3 is 9.32 Å². The second-order valence-electron chi connectivity index (χ2n) is 10.9. The molecule has 0 radical (unpaired) electrons. The molecule has 3 heteroatoms. The summed E-state index contributed by atoms with van der Waals surface area (Å²) in [5.41, 5.74) is 7.51. The summed E-state index contributed by atoms with van der Waals surface area (Å²) in [4.78, 5) is 2.41. The van der Waals surface area contributed by atoms with E-state index in [1.807, 2.05) is 17.4 Å². The third-order valence-electron chi connectivity index (χ3n) is 8.42. The fourth-order valence-corrected chi connectivity index (χ4v) is 7.59. The van der Waals surface area contributed by atoms with Crippen molar-refractivity contribution in [1.82, 2.24) is 0 Å². The van der Waals surface area contributed by atoms with Crippen molar-refractivity contribution in [3.8, 4) is 11.1 Å². The standard InChI is InChI=1S/C40H25NOS/c1-2-11-26(12-3-1)27-14-10-15-29(23-27)41(30-21-22-33-32-17-7-9-20-37(32)43-38(33)25-30)35-24-28-13-4-5-16-31(28)40-39(35)34-18-6-8-19-36(34)42-40/h1-25H. The lowest BCUT2D eigenvalue weighted by Crippen LogP contribution is -2.10. The monoisotopic (exact) mass is 567 g/mol. The van der Waals surface area contributed by atoms with Crippen molar-refractivity contribution >= 4 is 81.3 Å². The molecule has 2 aromatic heterocycles. The number of hydrogen-bond acceptors (Lipinski definition) is 3. The van der Waals surface area contributed by atoms with Gasteiger partial charge in [0.05, 0.1) is 11.1 Å². The number of anilines is 3. The van der Waals surface area contributed by atoms with E-state index in [0.29, 0.717) is 0 Å². The Hall–Kier alpha value is -5.38. The molecule has 0 amide bonds. The average molecular weight is 568 g/mol. The highest BCUT2D eigenvalue weighted by Gasteiger charge is 2.22. The summed E-state index contributed by atoms with van der Waals surface area (Å²) in [7, 11) is 0. The maximum Gasteiger partial charge on any atom is 0.145 e. The number of furan rings is 1. The SMILES string of the molecule is c1ccc(-c2cccc(N(c3ccc4c(c3)sc3ccccc34)c3cc4ccccc4c4oc5ccccc5c34)c2)cc1. The Morgan fingerprint density at radius 3 is 2.07 bits per heavy atom. The highest BCUT2D eigenvalue weighted by Crippen LogP contribution is 2.47. The van der Waals surface area contributed by atoms with Gasteiger partial charge in [-0.15, -0.1) is 11.3 Å². The second-order valence-corrected chi connectivity index (χ2v) is 12.0. The summed E-state index contributed by atoms with van der Waals surface area (Å²) in [5, 5.41) is 7.10. The van der Waals surface area contributed by atoms with Crippen molar-refractivity contribution in [2.24, 2.45) is 0 Å². The first-order valence-electron chi connectivity index (χ1n) is 14.5. The second kappa shape index (κ2) is 9.59. The van der Waals surface area contributed by atoms with Crippen molar-refractivity contribution in [1.29, 1.82) is 0 Å². The van der Waals surface area contributed by atoms with Crippen LogP contribution in [-0.2, 0) is 0 Å².